The van der Waals surface area contributed by atoms with Crippen molar-refractivity contribution in [2.75, 3.05) is 39.3 Å². The maximum Gasteiger partial charge on any atom is 0.409 e. The summed E-state index contributed by atoms with van der Waals surface area (Å²) in [4.78, 5) is 16.0. The quantitative estimate of drug-likeness (QED) is 0.731. The molecule has 0 unspecified atom stereocenters. The highest BCUT2D eigenvalue weighted by molar-refractivity contribution is 5.67. The zero-order valence-electron chi connectivity index (χ0n) is 11.8. The molecule has 0 aromatic carbocycles. The van der Waals surface area contributed by atoms with Gasteiger partial charge in [0.2, 0.25) is 0 Å². The Hall–Kier alpha value is -1.03. The van der Waals surface area contributed by atoms with Crippen molar-refractivity contribution in [3.8, 4) is 0 Å². The molecule has 1 saturated carbocycles. The minimum absolute atomic E-state index is 0.148. The summed E-state index contributed by atoms with van der Waals surface area (Å²) >= 11 is 0. The molecule has 1 saturated heterocycles. The van der Waals surface area contributed by atoms with Crippen LogP contribution in [0.4, 0.5) is 4.79 Å². The van der Waals surface area contributed by atoms with Gasteiger partial charge in [0.25, 0.3) is 0 Å². The summed E-state index contributed by atoms with van der Waals surface area (Å²) < 4.78 is 5.05. The third-order valence-electron chi connectivity index (χ3n) is 4.81. The monoisotopic (exact) mass is 264 g/mol. The predicted molar refractivity (Wildman–Crippen MR) is 73.9 cm³/mol. The Morgan fingerprint density at radius 2 is 2.00 bits per heavy atom. The molecular formula is C15H24N2O2. The van der Waals surface area contributed by atoms with E-state index in [1.54, 1.807) is 0 Å². The van der Waals surface area contributed by atoms with Crippen LogP contribution in [0.5, 0.6) is 0 Å². The van der Waals surface area contributed by atoms with Gasteiger partial charge in [0.15, 0.2) is 0 Å². The Labute approximate surface area is 115 Å². The number of hydrogen-bond acceptors (Lipinski definition) is 3. The van der Waals surface area contributed by atoms with Gasteiger partial charge in [-0.2, -0.15) is 0 Å². The molecule has 3 rings (SSSR count). The SMILES string of the molecule is CCOC(=O)N1CCN(C[C@H]2C[C@@H]3C=C[C@@H]2C3)CC1. The molecule has 3 aliphatic rings. The van der Waals surface area contributed by atoms with E-state index in [9.17, 15) is 4.79 Å². The first-order valence-electron chi connectivity index (χ1n) is 7.58. The number of piperazine rings is 1. The number of carbonyl (C=O) groups excluding carboxylic acids is 1. The molecule has 106 valence electrons. The van der Waals surface area contributed by atoms with E-state index < -0.39 is 0 Å². The zero-order valence-corrected chi connectivity index (χ0v) is 11.8. The van der Waals surface area contributed by atoms with Crippen molar-refractivity contribution in [1.29, 1.82) is 0 Å². The van der Waals surface area contributed by atoms with Crippen LogP contribution in [0.3, 0.4) is 0 Å². The molecule has 0 N–H and O–H groups in total. The molecular weight excluding hydrogens is 240 g/mol. The molecule has 1 amide bonds. The molecule has 4 nitrogen and oxygen atoms in total. The molecule has 3 atom stereocenters. The Morgan fingerprint density at radius 3 is 2.58 bits per heavy atom. The van der Waals surface area contributed by atoms with Crippen molar-refractivity contribution in [3.05, 3.63) is 12.2 Å². The Balaban J connectivity index is 1.43. The highest BCUT2D eigenvalue weighted by Gasteiger charge is 2.36. The highest BCUT2D eigenvalue weighted by atomic mass is 16.6. The molecule has 1 heterocycles. The standard InChI is InChI=1S/C15H24N2O2/c1-2-19-15(18)17-7-5-16(6-8-17)11-14-10-12-3-4-13(14)9-12/h3-4,12-14H,2,5-11H2,1H3/t12-,13-,14-/m1/s1. The normalized spacial score (nSPS) is 33.9. The fourth-order valence-corrected chi connectivity index (χ4v) is 3.76. The summed E-state index contributed by atoms with van der Waals surface area (Å²) in [5, 5.41) is 0. The summed E-state index contributed by atoms with van der Waals surface area (Å²) in [7, 11) is 0. The first kappa shape index (κ1) is 13.0. The number of fused-ring (bicyclic) bond motifs is 2. The first-order valence-corrected chi connectivity index (χ1v) is 7.58. The average Bonchev–Trinajstić information content (AvgIpc) is 3.02. The van der Waals surface area contributed by atoms with Crippen LogP contribution in [0, 0.1) is 17.8 Å². The van der Waals surface area contributed by atoms with Crippen molar-refractivity contribution in [1.82, 2.24) is 9.80 Å². The number of rotatable bonds is 3. The van der Waals surface area contributed by atoms with Crippen LogP contribution in [-0.4, -0.2) is 55.2 Å². The van der Waals surface area contributed by atoms with Gasteiger partial charge in [0, 0.05) is 32.7 Å². The van der Waals surface area contributed by atoms with E-state index >= 15 is 0 Å². The fraction of sp³-hybridized carbons (Fsp3) is 0.800. The molecule has 0 spiro atoms. The highest BCUT2D eigenvalue weighted by Crippen LogP contribution is 2.43. The number of amides is 1. The van der Waals surface area contributed by atoms with E-state index in [4.69, 9.17) is 4.74 Å². The largest absolute Gasteiger partial charge is 0.450 e. The Morgan fingerprint density at radius 1 is 1.21 bits per heavy atom. The van der Waals surface area contributed by atoms with Gasteiger partial charge in [-0.15, -0.1) is 0 Å². The van der Waals surface area contributed by atoms with E-state index in [1.807, 2.05) is 11.8 Å². The van der Waals surface area contributed by atoms with E-state index in [0.29, 0.717) is 6.61 Å². The van der Waals surface area contributed by atoms with Crippen LogP contribution in [0.1, 0.15) is 19.8 Å². The van der Waals surface area contributed by atoms with Crippen LogP contribution >= 0.6 is 0 Å². The van der Waals surface area contributed by atoms with Crippen molar-refractivity contribution in [3.63, 3.8) is 0 Å². The fourth-order valence-electron chi connectivity index (χ4n) is 3.76. The van der Waals surface area contributed by atoms with E-state index in [-0.39, 0.29) is 6.09 Å². The van der Waals surface area contributed by atoms with Crippen LogP contribution in [0.25, 0.3) is 0 Å². The lowest BCUT2D eigenvalue weighted by Crippen LogP contribution is -2.50. The number of ether oxygens (including phenoxy) is 1. The predicted octanol–water partition coefficient (Wildman–Crippen LogP) is 1.97. The summed E-state index contributed by atoms with van der Waals surface area (Å²) in [5.41, 5.74) is 0. The van der Waals surface area contributed by atoms with E-state index in [1.165, 1.54) is 19.4 Å². The Bertz CT molecular complexity index is 361. The van der Waals surface area contributed by atoms with Crippen molar-refractivity contribution < 1.29 is 9.53 Å². The van der Waals surface area contributed by atoms with Gasteiger partial charge in [0.05, 0.1) is 6.61 Å². The molecule has 0 radical (unpaired) electrons. The molecule has 19 heavy (non-hydrogen) atoms. The molecule has 2 bridgehead atoms. The van der Waals surface area contributed by atoms with Gasteiger partial charge < -0.3 is 9.64 Å². The van der Waals surface area contributed by atoms with Crippen LogP contribution in [0.2, 0.25) is 0 Å². The molecule has 1 aliphatic heterocycles. The lowest BCUT2D eigenvalue weighted by Gasteiger charge is -2.36. The van der Waals surface area contributed by atoms with Gasteiger partial charge in [-0.1, -0.05) is 12.2 Å². The third-order valence-corrected chi connectivity index (χ3v) is 4.81. The average molecular weight is 264 g/mol. The van der Waals surface area contributed by atoms with Crippen molar-refractivity contribution in [2.24, 2.45) is 17.8 Å². The minimum atomic E-state index is -0.148. The maximum absolute atomic E-state index is 11.6. The Kier molecular flexibility index (Phi) is 3.78. The third kappa shape index (κ3) is 2.78. The van der Waals surface area contributed by atoms with Crippen LogP contribution in [0.15, 0.2) is 12.2 Å². The zero-order chi connectivity index (χ0) is 13.2. The molecule has 2 aliphatic carbocycles. The number of hydrogen-bond donors (Lipinski definition) is 0. The second kappa shape index (κ2) is 5.53. The maximum atomic E-state index is 11.6. The van der Waals surface area contributed by atoms with Crippen LogP contribution in [-0.2, 0) is 4.74 Å². The number of allylic oxidation sites excluding steroid dienone is 2. The minimum Gasteiger partial charge on any atom is -0.450 e. The molecule has 4 heteroatoms. The lowest BCUT2D eigenvalue weighted by molar-refractivity contribution is 0.0738. The first-order chi connectivity index (χ1) is 9.26. The summed E-state index contributed by atoms with van der Waals surface area (Å²) in [5.74, 6) is 2.54. The lowest BCUT2D eigenvalue weighted by atomic mass is 9.93. The van der Waals surface area contributed by atoms with Crippen molar-refractivity contribution in [2.45, 2.75) is 19.8 Å². The molecule has 2 fully saturated rings. The van der Waals surface area contributed by atoms with E-state index in [0.717, 1.165) is 43.9 Å². The van der Waals surface area contributed by atoms with E-state index in [2.05, 4.69) is 17.1 Å². The summed E-state index contributed by atoms with van der Waals surface area (Å²) in [6, 6.07) is 0. The second-order valence-electron chi connectivity index (χ2n) is 6.03. The number of nitrogens with zero attached hydrogens (tertiary/aromatic N) is 2. The van der Waals surface area contributed by atoms with Gasteiger partial charge >= 0.3 is 6.09 Å². The number of carbonyl (C=O) groups is 1. The smallest absolute Gasteiger partial charge is 0.409 e. The van der Waals surface area contributed by atoms with Crippen LogP contribution < -0.4 is 0 Å². The van der Waals surface area contributed by atoms with Gasteiger partial charge in [-0.05, 0) is 37.5 Å². The molecule has 0 aromatic rings. The van der Waals surface area contributed by atoms with Crippen molar-refractivity contribution >= 4 is 6.09 Å². The topological polar surface area (TPSA) is 32.8 Å². The summed E-state index contributed by atoms with van der Waals surface area (Å²) in [6.45, 7) is 7.16. The van der Waals surface area contributed by atoms with Gasteiger partial charge in [-0.25, -0.2) is 4.79 Å². The second-order valence-corrected chi connectivity index (χ2v) is 6.03. The summed E-state index contributed by atoms with van der Waals surface area (Å²) in [6.07, 6.45) is 7.44. The van der Waals surface area contributed by atoms with Gasteiger partial charge in [-0.3, -0.25) is 4.90 Å². The molecule has 0 aromatic heterocycles. The van der Waals surface area contributed by atoms with Gasteiger partial charge in [0.1, 0.15) is 0 Å².